The number of hydrogen-bond donors (Lipinski definition) is 0. The van der Waals surface area contributed by atoms with E-state index in [4.69, 9.17) is 19.9 Å². The first-order chi connectivity index (χ1) is 34.1. The Balaban J connectivity index is 0.000000756. The molecule has 6 heterocycles. The van der Waals surface area contributed by atoms with E-state index in [2.05, 4.69) is 77.8 Å². The third kappa shape index (κ3) is 8.69. The van der Waals surface area contributed by atoms with Gasteiger partial charge < -0.3 is 19.9 Å². The number of fused-ring (bicyclic) bond motifs is 8. The number of hydrogen-bond acceptors (Lipinski definition) is 3. The molecule has 0 atom stereocenters. The first kappa shape index (κ1) is 44.8. The topological polar surface area (TPSA) is 112 Å². The van der Waals surface area contributed by atoms with Gasteiger partial charge in [-0.1, -0.05) is 42.5 Å². The van der Waals surface area contributed by atoms with Crippen LogP contribution in [0, 0.1) is 33.8 Å². The van der Waals surface area contributed by atoms with Gasteiger partial charge in [-0.3, -0.25) is 15.1 Å². The molecule has 5 aromatic heterocycles. The van der Waals surface area contributed by atoms with Crippen molar-refractivity contribution >= 4 is 5.69 Å². The molecule has 70 heavy (non-hydrogen) atoms. The Labute approximate surface area is 416 Å². The van der Waals surface area contributed by atoms with Gasteiger partial charge in [0.1, 0.15) is 4.92 Å². The third-order valence-electron chi connectivity index (χ3n) is 12.1. The average molecular weight is 948 g/mol. The van der Waals surface area contributed by atoms with Gasteiger partial charge in [-0.2, -0.15) is 0 Å². The Morgan fingerprint density at radius 3 is 1.03 bits per heavy atom. The summed E-state index contributed by atoms with van der Waals surface area (Å²) in [7, 11) is 0. The largest absolute Gasteiger partial charge is 0.628 e. The summed E-state index contributed by atoms with van der Waals surface area (Å²) in [6, 6.07) is 76.0. The molecule has 336 valence electrons. The van der Waals surface area contributed by atoms with Crippen LogP contribution in [0.25, 0.3) is 22.3 Å². The van der Waals surface area contributed by atoms with Gasteiger partial charge in [0.25, 0.3) is 0 Å². The molecule has 1 aliphatic rings. The Kier molecular flexibility index (Phi) is 12.8. The minimum absolute atomic E-state index is 0. The zero-order valence-electron chi connectivity index (χ0n) is 37.4. The Morgan fingerprint density at radius 1 is 0.357 bits per heavy atom. The van der Waals surface area contributed by atoms with Crippen molar-refractivity contribution in [3.05, 3.63) is 345 Å². The van der Waals surface area contributed by atoms with Crippen LogP contribution in [-0.2, 0) is 16.5 Å². The molecular weight excluding hydrogens is 907 g/mol. The van der Waals surface area contributed by atoms with Gasteiger partial charge in [-0.05, 0) is 149 Å². The van der Waals surface area contributed by atoms with Gasteiger partial charge in [-0.15, -0.1) is 0 Å². The van der Waals surface area contributed by atoms with E-state index in [1.54, 1.807) is 18.5 Å². The zero-order chi connectivity index (χ0) is 46.5. The molecule has 0 fully saturated rings. The number of pyridine rings is 1. The molecule has 6 aromatic carbocycles. The molecule has 8 nitrogen and oxygen atoms in total. The molecule has 0 N–H and O–H groups in total. The zero-order valence-corrected chi connectivity index (χ0v) is 38.4. The van der Waals surface area contributed by atoms with Crippen LogP contribution >= 0.6 is 0 Å². The minimum Gasteiger partial charge on any atom is -0.628 e. The maximum Gasteiger partial charge on any atom is 0.338 e. The molecule has 0 spiro atoms. The fourth-order valence-electron chi connectivity index (χ4n) is 9.11. The molecule has 9 heteroatoms. The molecule has 0 amide bonds. The van der Waals surface area contributed by atoms with Crippen LogP contribution in [-0.4, -0.2) is 9.91 Å². The molecule has 0 unspecified atom stereocenters. The van der Waals surface area contributed by atoms with Crippen molar-refractivity contribution in [3.8, 4) is 22.3 Å². The van der Waals surface area contributed by atoms with Gasteiger partial charge in [0.2, 0.25) is 0 Å². The molecule has 1 aliphatic heterocycles. The molecule has 8 bridgehead atoms. The SMILES string of the molecule is O=[N+]([O-])c1cc2[n-]c1[C+](c1ccccc1)c1ccc([n-]1)[C+](c1ccccc1)c1[n-]c(c(-c3ccccc3)c1-c1ccccc1)[C+](c1ccccc1)c1ccc([n-]1)[C+]2c1ccccc1.[Ni].c1ccncc1. The van der Waals surface area contributed by atoms with Crippen LogP contribution in [0.4, 0.5) is 5.69 Å². The molecule has 11 aromatic rings. The van der Waals surface area contributed by atoms with Crippen molar-refractivity contribution < 1.29 is 21.4 Å². The van der Waals surface area contributed by atoms with Crippen LogP contribution in [0.15, 0.2) is 243 Å². The number of benzene rings is 6. The predicted molar refractivity (Wildman–Crippen MR) is 269 cm³/mol. The van der Waals surface area contributed by atoms with Crippen LogP contribution in [0.5, 0.6) is 0 Å². The van der Waals surface area contributed by atoms with Gasteiger partial charge in [-0.25, -0.2) is 0 Å². The fourth-order valence-corrected chi connectivity index (χ4v) is 9.11. The van der Waals surface area contributed by atoms with Crippen molar-refractivity contribution in [2.24, 2.45) is 0 Å². The fraction of sp³-hybridized carbons (Fsp3) is 0. The molecule has 0 saturated carbocycles. The summed E-state index contributed by atoms with van der Waals surface area (Å²) in [5, 5.41) is 13.2. The smallest absolute Gasteiger partial charge is 0.338 e. The van der Waals surface area contributed by atoms with Crippen LogP contribution < -0.4 is 19.9 Å². The third-order valence-corrected chi connectivity index (χ3v) is 12.1. The second-order valence-corrected chi connectivity index (χ2v) is 16.3. The van der Waals surface area contributed by atoms with Crippen molar-refractivity contribution in [2.75, 3.05) is 0 Å². The normalized spacial score (nSPS) is 11.9. The second kappa shape index (κ2) is 20.1. The Morgan fingerprint density at radius 2 is 0.686 bits per heavy atom. The molecule has 0 aliphatic carbocycles. The van der Waals surface area contributed by atoms with Crippen molar-refractivity contribution in [3.63, 3.8) is 0 Å². The van der Waals surface area contributed by atoms with E-state index in [9.17, 15) is 10.1 Å². The summed E-state index contributed by atoms with van der Waals surface area (Å²) in [6.07, 6.45) is 3.50. The minimum atomic E-state index is -0.353. The maximum atomic E-state index is 13.2. The van der Waals surface area contributed by atoms with E-state index in [1.165, 1.54) is 0 Å². The standard InChI is InChI=1S/C56H35N5O2.C5H5N.Ni/c62-61(63)47-35-46-48(36-19-7-1-8-20-36)42-31-32-44(57-42)50(38-23-11-3-12-24-38)55-52(40-27-15-5-16-28-40)53(41-29-17-6-18-30-41)56(60-55)51(39-25-13-4-14-26-39)45-34-33-43(58-45)49(54(47)59-46)37-21-9-2-10-22-37;1-2-4-6-5-3-1;/h1-35H;1-5H;. The number of aromatic nitrogens is 5. The summed E-state index contributed by atoms with van der Waals surface area (Å²) in [5.41, 5.74) is 11.9. The summed E-state index contributed by atoms with van der Waals surface area (Å²) in [6.45, 7) is 0. The van der Waals surface area contributed by atoms with Crippen LogP contribution in [0.2, 0.25) is 0 Å². The van der Waals surface area contributed by atoms with Gasteiger partial charge in [0, 0.05) is 142 Å². The summed E-state index contributed by atoms with van der Waals surface area (Å²) < 4.78 is 0. The number of nitrogens with zero attached hydrogens (tertiary/aromatic N) is 6. The van der Waals surface area contributed by atoms with Gasteiger partial charge in [0.05, 0.1) is 39.4 Å². The average Bonchev–Trinajstić information content (AvgIpc) is 4.25. The van der Waals surface area contributed by atoms with E-state index >= 15 is 0 Å². The van der Waals surface area contributed by atoms with E-state index in [0.29, 0.717) is 40.3 Å². The van der Waals surface area contributed by atoms with Crippen molar-refractivity contribution in [1.82, 2.24) is 24.9 Å². The van der Waals surface area contributed by atoms with E-state index in [-0.39, 0.29) is 32.8 Å². The summed E-state index contributed by atoms with van der Waals surface area (Å²) in [4.78, 5) is 38.5. The van der Waals surface area contributed by atoms with E-state index in [0.717, 1.165) is 67.7 Å². The molecule has 0 saturated heterocycles. The van der Waals surface area contributed by atoms with Crippen LogP contribution in [0.3, 0.4) is 0 Å². The molecular formula is C61H40N6NiO2. The quantitative estimate of drug-likeness (QED) is 0.0677. The first-order valence-electron chi connectivity index (χ1n) is 22.6. The molecule has 0 radical (unpaired) electrons. The number of rotatable bonds is 7. The van der Waals surface area contributed by atoms with Crippen LogP contribution in [0.1, 0.15) is 67.8 Å². The summed E-state index contributed by atoms with van der Waals surface area (Å²) in [5.74, 6) is 2.88. The van der Waals surface area contributed by atoms with E-state index in [1.807, 2.05) is 152 Å². The maximum absolute atomic E-state index is 13.2. The molecule has 12 rings (SSSR count). The Hall–Kier alpha value is -9.04. The monoisotopic (exact) mass is 946 g/mol. The summed E-state index contributed by atoms with van der Waals surface area (Å²) >= 11 is 0. The van der Waals surface area contributed by atoms with Crippen molar-refractivity contribution in [2.45, 2.75) is 0 Å². The Bertz CT molecular complexity index is 3400. The van der Waals surface area contributed by atoms with Gasteiger partial charge in [0.15, 0.2) is 0 Å². The van der Waals surface area contributed by atoms with Gasteiger partial charge >= 0.3 is 5.69 Å². The predicted octanol–water partition coefficient (Wildman–Crippen LogP) is 12.2. The van der Waals surface area contributed by atoms with Crippen molar-refractivity contribution in [1.29, 1.82) is 0 Å². The second-order valence-electron chi connectivity index (χ2n) is 16.3. The van der Waals surface area contributed by atoms with E-state index < -0.39 is 0 Å². The number of nitro groups is 1. The first-order valence-corrected chi connectivity index (χ1v) is 22.6.